The van der Waals surface area contributed by atoms with Gasteiger partial charge in [0.25, 0.3) is 5.91 Å². The van der Waals surface area contributed by atoms with Crippen molar-refractivity contribution in [3.05, 3.63) is 51.8 Å². The van der Waals surface area contributed by atoms with E-state index in [0.29, 0.717) is 26.2 Å². The fourth-order valence-electron chi connectivity index (χ4n) is 5.35. The quantitative estimate of drug-likeness (QED) is 0.516. The lowest BCUT2D eigenvalue weighted by Gasteiger charge is -2.42. The predicted molar refractivity (Wildman–Crippen MR) is 147 cm³/mol. The molecule has 0 radical (unpaired) electrons. The summed E-state index contributed by atoms with van der Waals surface area (Å²) in [7, 11) is 1.88. The van der Waals surface area contributed by atoms with Gasteiger partial charge in [-0.3, -0.25) is 14.4 Å². The monoisotopic (exact) mass is 594 g/mol. The number of amides is 1. The number of benzene rings is 1. The van der Waals surface area contributed by atoms with Gasteiger partial charge in [-0.1, -0.05) is 23.9 Å². The molecule has 1 saturated heterocycles. The van der Waals surface area contributed by atoms with Crippen LogP contribution in [0.2, 0.25) is 0 Å². The van der Waals surface area contributed by atoms with Crippen molar-refractivity contribution in [3.8, 4) is 0 Å². The summed E-state index contributed by atoms with van der Waals surface area (Å²) in [4.78, 5) is 32.1. The fourth-order valence-corrected chi connectivity index (χ4v) is 6.70. The molecule has 41 heavy (non-hydrogen) atoms. The first-order valence-corrected chi connectivity index (χ1v) is 14.1. The number of alkyl halides is 3. The zero-order chi connectivity index (χ0) is 29.7. The number of morpholine rings is 1. The molecule has 14 heteroatoms. The van der Waals surface area contributed by atoms with Crippen molar-refractivity contribution in [1.29, 1.82) is 0 Å². The van der Waals surface area contributed by atoms with E-state index < -0.39 is 29.1 Å². The number of carbonyl (C=O) groups is 2. The normalized spacial score (nSPS) is 22.9. The van der Waals surface area contributed by atoms with Crippen LogP contribution in [0.15, 0.2) is 34.9 Å². The zero-order valence-corrected chi connectivity index (χ0v) is 24.3. The van der Waals surface area contributed by atoms with Crippen molar-refractivity contribution in [2.45, 2.75) is 63.8 Å². The Labute approximate surface area is 240 Å². The molecule has 0 saturated carbocycles. The van der Waals surface area contributed by atoms with Crippen LogP contribution in [0.4, 0.5) is 24.5 Å². The first kappa shape index (κ1) is 29.3. The molecule has 2 N–H and O–H groups in total. The van der Waals surface area contributed by atoms with Crippen molar-refractivity contribution in [1.82, 2.24) is 25.1 Å². The second-order valence-corrected chi connectivity index (χ2v) is 12.2. The van der Waals surface area contributed by atoms with E-state index in [1.807, 2.05) is 54.7 Å². The second kappa shape index (κ2) is 10.9. The lowest BCUT2D eigenvalue weighted by Crippen LogP contribution is -2.56. The van der Waals surface area contributed by atoms with Gasteiger partial charge in [0.2, 0.25) is 0 Å². The number of hydrogen-bond donors (Lipinski definition) is 2. The molecule has 1 fully saturated rings. The number of aryl methyl sites for hydroxylation is 2. The Kier molecular flexibility index (Phi) is 7.76. The summed E-state index contributed by atoms with van der Waals surface area (Å²) in [6.07, 6.45) is -4.46. The van der Waals surface area contributed by atoms with Crippen molar-refractivity contribution < 1.29 is 32.3 Å². The van der Waals surface area contributed by atoms with Gasteiger partial charge in [0.15, 0.2) is 5.50 Å². The summed E-state index contributed by atoms with van der Waals surface area (Å²) >= 11 is 1.09. The van der Waals surface area contributed by atoms with Gasteiger partial charge in [0.05, 0.1) is 40.9 Å². The van der Waals surface area contributed by atoms with E-state index >= 15 is 0 Å². The maximum absolute atomic E-state index is 13.3. The van der Waals surface area contributed by atoms with Gasteiger partial charge >= 0.3 is 12.1 Å². The van der Waals surface area contributed by atoms with Gasteiger partial charge in [-0.15, -0.1) is 0 Å². The fraction of sp³-hybridized carbons (Fsp3) is 0.519. The topological polar surface area (TPSA) is 101 Å². The van der Waals surface area contributed by atoms with Crippen LogP contribution in [0.5, 0.6) is 0 Å². The molecule has 10 nitrogen and oxygen atoms in total. The minimum atomic E-state index is -5.19. The van der Waals surface area contributed by atoms with E-state index in [1.54, 1.807) is 13.8 Å². The maximum atomic E-state index is 13.3. The van der Waals surface area contributed by atoms with Crippen molar-refractivity contribution >= 4 is 35.0 Å². The third kappa shape index (κ3) is 6.04. The van der Waals surface area contributed by atoms with Gasteiger partial charge < -0.3 is 20.2 Å². The molecule has 2 unspecified atom stereocenters. The Morgan fingerprint density at radius 3 is 2.76 bits per heavy atom. The van der Waals surface area contributed by atoms with E-state index in [1.165, 1.54) is 0 Å². The van der Waals surface area contributed by atoms with E-state index in [0.717, 1.165) is 45.2 Å². The standard InChI is InChI=1S/C27H33F3N6O4S/c1-15-21(16(2)34(5)33-15)31-18-8-6-7-17(11-18)12-19-14-39-10-9-35(19)25-36(40-24(38)27(28,29)30)20-13-26(3,4)32-23(37)22(20)41-25/h6-8,11,19,25,31H,9-10,12-14H2,1-5H3,(H,32,37). The largest absolute Gasteiger partial charge is 0.493 e. The maximum Gasteiger partial charge on any atom is 0.493 e. The molecular formula is C27H33F3N6O4S. The summed E-state index contributed by atoms with van der Waals surface area (Å²) in [5, 5.41) is 11.8. The number of rotatable bonds is 6. The molecule has 222 valence electrons. The molecular weight excluding hydrogens is 561 g/mol. The van der Waals surface area contributed by atoms with Gasteiger partial charge in [-0.2, -0.15) is 23.3 Å². The summed E-state index contributed by atoms with van der Waals surface area (Å²) in [5.41, 5.74) is 3.33. The van der Waals surface area contributed by atoms with Gasteiger partial charge in [-0.25, -0.2) is 4.79 Å². The highest BCUT2D eigenvalue weighted by Crippen LogP contribution is 2.46. The van der Waals surface area contributed by atoms with Gasteiger partial charge in [0, 0.05) is 37.3 Å². The van der Waals surface area contributed by atoms with Crippen molar-refractivity contribution in [2.24, 2.45) is 7.05 Å². The average Bonchev–Trinajstić information content (AvgIpc) is 3.35. The molecule has 0 spiro atoms. The minimum absolute atomic E-state index is 0.207. The Morgan fingerprint density at radius 2 is 2.07 bits per heavy atom. The van der Waals surface area contributed by atoms with Crippen LogP contribution in [0.3, 0.4) is 0 Å². The number of carbonyl (C=O) groups excluding carboxylic acids is 2. The van der Waals surface area contributed by atoms with Crippen LogP contribution in [0.1, 0.15) is 37.2 Å². The van der Waals surface area contributed by atoms with Crippen LogP contribution >= 0.6 is 11.8 Å². The summed E-state index contributed by atoms with van der Waals surface area (Å²) in [6, 6.07) is 7.61. The Bertz CT molecular complexity index is 1390. The number of hydrogen-bond acceptors (Lipinski definition) is 9. The average molecular weight is 595 g/mol. The third-order valence-electron chi connectivity index (χ3n) is 7.37. The highest BCUT2D eigenvalue weighted by molar-refractivity contribution is 8.04. The highest BCUT2D eigenvalue weighted by atomic mass is 32.2. The van der Waals surface area contributed by atoms with Crippen LogP contribution in [-0.4, -0.2) is 74.6 Å². The van der Waals surface area contributed by atoms with Crippen molar-refractivity contribution in [3.63, 3.8) is 0 Å². The molecule has 2 aromatic rings. The number of nitrogens with zero attached hydrogens (tertiary/aromatic N) is 4. The Morgan fingerprint density at radius 1 is 1.32 bits per heavy atom. The molecule has 0 bridgehead atoms. The molecule has 1 aromatic carbocycles. The second-order valence-electron chi connectivity index (χ2n) is 11.1. The van der Waals surface area contributed by atoms with Gasteiger partial charge in [0.1, 0.15) is 0 Å². The van der Waals surface area contributed by atoms with E-state index in [-0.39, 0.29) is 23.1 Å². The molecule has 2 atom stereocenters. The SMILES string of the molecule is Cc1nn(C)c(C)c1Nc1cccc(CC2COCCN2C2SC3=C(CC(C)(C)NC3=O)N2OC(=O)C(F)(F)F)c1. The number of hydroxylamine groups is 2. The number of nitrogens with one attached hydrogen (secondary N) is 2. The number of halogens is 3. The van der Waals surface area contributed by atoms with E-state index in [4.69, 9.17) is 9.57 Å². The first-order valence-electron chi connectivity index (χ1n) is 13.2. The highest BCUT2D eigenvalue weighted by Gasteiger charge is 2.51. The predicted octanol–water partition coefficient (Wildman–Crippen LogP) is 3.89. The van der Waals surface area contributed by atoms with Crippen molar-refractivity contribution in [2.75, 3.05) is 25.1 Å². The van der Waals surface area contributed by atoms with Crippen LogP contribution < -0.4 is 10.6 Å². The summed E-state index contributed by atoms with van der Waals surface area (Å²) in [6.45, 7) is 8.49. The number of aromatic nitrogens is 2. The number of thioether (sulfide) groups is 1. The molecule has 3 aliphatic heterocycles. The molecule has 4 heterocycles. The first-order chi connectivity index (χ1) is 19.2. The summed E-state index contributed by atoms with van der Waals surface area (Å²) in [5.74, 6) is -2.73. The number of anilines is 2. The van der Waals surface area contributed by atoms with E-state index in [2.05, 4.69) is 15.7 Å². The Hall–Kier alpha value is -3.23. The van der Waals surface area contributed by atoms with Crippen LogP contribution in [0, 0.1) is 13.8 Å². The van der Waals surface area contributed by atoms with Crippen LogP contribution in [0.25, 0.3) is 0 Å². The molecule has 1 aromatic heterocycles. The number of ether oxygens (including phenoxy) is 1. The lowest BCUT2D eigenvalue weighted by atomic mass is 9.94. The lowest BCUT2D eigenvalue weighted by molar-refractivity contribution is -0.243. The molecule has 1 amide bonds. The Balaban J connectivity index is 1.40. The molecule has 0 aliphatic carbocycles. The van der Waals surface area contributed by atoms with Gasteiger partial charge in [-0.05, 0) is 51.8 Å². The molecule has 3 aliphatic rings. The van der Waals surface area contributed by atoms with E-state index in [9.17, 15) is 22.8 Å². The molecule has 5 rings (SSSR count). The third-order valence-corrected chi connectivity index (χ3v) is 8.70. The summed E-state index contributed by atoms with van der Waals surface area (Å²) < 4.78 is 47.4. The van der Waals surface area contributed by atoms with Crippen LogP contribution in [-0.2, 0) is 32.6 Å². The smallest absolute Gasteiger partial charge is 0.378 e. The minimum Gasteiger partial charge on any atom is -0.378 e. The zero-order valence-electron chi connectivity index (χ0n) is 23.5.